The van der Waals surface area contributed by atoms with Crippen LogP contribution in [0.1, 0.15) is 5.56 Å². The highest BCUT2D eigenvalue weighted by molar-refractivity contribution is 6.31. The van der Waals surface area contributed by atoms with Gasteiger partial charge in [-0.1, -0.05) is 23.7 Å². The Morgan fingerprint density at radius 1 is 1.11 bits per heavy atom. The van der Waals surface area contributed by atoms with Crippen LogP contribution in [0.2, 0.25) is 5.02 Å². The molecule has 0 aliphatic heterocycles. The zero-order valence-corrected chi connectivity index (χ0v) is 10.6. The third-order valence-corrected chi connectivity index (χ3v) is 3.03. The summed E-state index contributed by atoms with van der Waals surface area (Å²) < 4.78 is 27.3. The van der Waals surface area contributed by atoms with Crippen LogP contribution in [0.3, 0.4) is 0 Å². The molecule has 2 aromatic rings. The summed E-state index contributed by atoms with van der Waals surface area (Å²) in [4.78, 5) is 0. The van der Waals surface area contributed by atoms with Gasteiger partial charge in [-0.25, -0.2) is 8.78 Å². The molecule has 0 heterocycles. The van der Waals surface area contributed by atoms with Gasteiger partial charge in [0.1, 0.15) is 11.6 Å². The molecule has 94 valence electrons. The molecule has 0 radical (unpaired) electrons. The number of nitrogens with one attached hydrogen (secondary N) is 1. The summed E-state index contributed by atoms with van der Waals surface area (Å²) in [6.45, 7) is 0.544. The smallest absolute Gasteiger partial charge is 0.133 e. The minimum absolute atomic E-state index is 0.0217. The summed E-state index contributed by atoms with van der Waals surface area (Å²) in [7, 11) is 1.78. The molecule has 0 saturated heterocycles. The van der Waals surface area contributed by atoms with E-state index in [-0.39, 0.29) is 5.56 Å². The quantitative estimate of drug-likeness (QED) is 0.886. The van der Waals surface area contributed by atoms with Crippen LogP contribution in [0.15, 0.2) is 36.4 Å². The Labute approximate surface area is 109 Å². The van der Waals surface area contributed by atoms with Gasteiger partial charge in [-0.2, -0.15) is 0 Å². The molecule has 18 heavy (non-hydrogen) atoms. The summed E-state index contributed by atoms with van der Waals surface area (Å²) in [6.07, 6.45) is 0. The maximum atomic E-state index is 13.7. The Balaban J connectivity index is 2.54. The molecule has 1 N–H and O–H groups in total. The Bertz CT molecular complexity index is 549. The van der Waals surface area contributed by atoms with Gasteiger partial charge in [-0.05, 0) is 42.4 Å². The zero-order chi connectivity index (χ0) is 13.1. The Morgan fingerprint density at radius 3 is 2.39 bits per heavy atom. The molecule has 0 spiro atoms. The molecule has 0 aliphatic carbocycles. The lowest BCUT2D eigenvalue weighted by Gasteiger charge is -2.09. The van der Waals surface area contributed by atoms with Gasteiger partial charge in [0.25, 0.3) is 0 Å². The van der Waals surface area contributed by atoms with E-state index in [0.29, 0.717) is 17.1 Å². The summed E-state index contributed by atoms with van der Waals surface area (Å²) >= 11 is 6.01. The largest absolute Gasteiger partial charge is 0.316 e. The first kappa shape index (κ1) is 13.0. The Morgan fingerprint density at radius 2 is 1.78 bits per heavy atom. The fraction of sp³-hybridized carbons (Fsp3) is 0.143. The summed E-state index contributed by atoms with van der Waals surface area (Å²) in [5.74, 6) is -1.15. The van der Waals surface area contributed by atoms with E-state index >= 15 is 0 Å². The number of rotatable bonds is 3. The topological polar surface area (TPSA) is 12.0 Å². The van der Waals surface area contributed by atoms with Crippen LogP contribution >= 0.6 is 11.6 Å². The minimum Gasteiger partial charge on any atom is -0.316 e. The maximum absolute atomic E-state index is 13.7. The average Bonchev–Trinajstić information content (AvgIpc) is 2.33. The van der Waals surface area contributed by atoms with Crippen LogP contribution in [0.4, 0.5) is 8.78 Å². The predicted molar refractivity (Wildman–Crippen MR) is 69.6 cm³/mol. The monoisotopic (exact) mass is 267 g/mol. The predicted octanol–water partition coefficient (Wildman–Crippen LogP) is 4.00. The van der Waals surface area contributed by atoms with Crippen LogP contribution in [-0.4, -0.2) is 7.05 Å². The van der Waals surface area contributed by atoms with Gasteiger partial charge in [0, 0.05) is 11.6 Å². The zero-order valence-electron chi connectivity index (χ0n) is 9.81. The lowest BCUT2D eigenvalue weighted by Crippen LogP contribution is -2.05. The molecule has 0 amide bonds. The lowest BCUT2D eigenvalue weighted by atomic mass is 10.0. The summed E-state index contributed by atoms with van der Waals surface area (Å²) in [5, 5.41) is 3.53. The van der Waals surface area contributed by atoms with Crippen molar-refractivity contribution in [3.8, 4) is 11.1 Å². The van der Waals surface area contributed by atoms with Crippen molar-refractivity contribution in [3.63, 3.8) is 0 Å². The van der Waals surface area contributed by atoms with Crippen molar-refractivity contribution in [3.05, 3.63) is 58.6 Å². The first-order valence-electron chi connectivity index (χ1n) is 5.51. The number of hydrogen-bond acceptors (Lipinski definition) is 1. The van der Waals surface area contributed by atoms with E-state index in [4.69, 9.17) is 11.6 Å². The normalized spacial score (nSPS) is 10.7. The summed E-state index contributed by atoms with van der Waals surface area (Å²) in [6, 6.07) is 8.78. The first-order chi connectivity index (χ1) is 8.63. The highest BCUT2D eigenvalue weighted by Gasteiger charge is 2.12. The molecular weight excluding hydrogens is 256 g/mol. The van der Waals surface area contributed by atoms with Crippen molar-refractivity contribution in [1.82, 2.24) is 5.32 Å². The SMILES string of the molecule is CNCc1cc(-c2c(F)cccc2F)ccc1Cl. The van der Waals surface area contributed by atoms with Gasteiger partial charge in [0.2, 0.25) is 0 Å². The Kier molecular flexibility index (Phi) is 3.94. The van der Waals surface area contributed by atoms with E-state index in [1.807, 2.05) is 0 Å². The maximum Gasteiger partial charge on any atom is 0.133 e. The van der Waals surface area contributed by atoms with Gasteiger partial charge in [-0.3, -0.25) is 0 Å². The van der Waals surface area contributed by atoms with Gasteiger partial charge >= 0.3 is 0 Å². The van der Waals surface area contributed by atoms with Gasteiger partial charge in [0.15, 0.2) is 0 Å². The van der Waals surface area contributed by atoms with Crippen molar-refractivity contribution in [2.75, 3.05) is 7.05 Å². The van der Waals surface area contributed by atoms with Crippen LogP contribution in [0.5, 0.6) is 0 Å². The molecule has 0 aliphatic rings. The first-order valence-corrected chi connectivity index (χ1v) is 5.88. The molecule has 0 atom stereocenters. The van der Waals surface area contributed by atoms with Crippen LogP contribution in [0, 0.1) is 11.6 Å². The highest BCUT2D eigenvalue weighted by Crippen LogP contribution is 2.29. The van der Waals surface area contributed by atoms with Crippen molar-refractivity contribution < 1.29 is 8.78 Å². The molecule has 2 rings (SSSR count). The van der Waals surface area contributed by atoms with Gasteiger partial charge < -0.3 is 5.32 Å². The fourth-order valence-electron chi connectivity index (χ4n) is 1.83. The van der Waals surface area contributed by atoms with E-state index in [1.54, 1.807) is 25.2 Å². The minimum atomic E-state index is -0.576. The molecule has 0 unspecified atom stereocenters. The molecular formula is C14H12ClF2N. The number of halogens is 3. The second-order valence-electron chi connectivity index (χ2n) is 3.93. The Hall–Kier alpha value is -1.45. The molecule has 0 aromatic heterocycles. The van der Waals surface area contributed by atoms with Crippen molar-refractivity contribution in [2.24, 2.45) is 0 Å². The van der Waals surface area contributed by atoms with E-state index in [0.717, 1.165) is 5.56 Å². The summed E-state index contributed by atoms with van der Waals surface area (Å²) in [5.41, 5.74) is 1.27. The second-order valence-corrected chi connectivity index (χ2v) is 4.34. The van der Waals surface area contributed by atoms with Crippen molar-refractivity contribution in [1.29, 1.82) is 0 Å². The van der Waals surface area contributed by atoms with E-state index in [1.165, 1.54) is 18.2 Å². The number of hydrogen-bond donors (Lipinski definition) is 1. The molecule has 2 aromatic carbocycles. The van der Waals surface area contributed by atoms with Crippen molar-refractivity contribution >= 4 is 11.6 Å². The molecule has 0 fully saturated rings. The standard InChI is InChI=1S/C14H12ClF2N/c1-18-8-10-7-9(5-6-11(10)15)14-12(16)3-2-4-13(14)17/h2-7,18H,8H2,1H3. The number of benzene rings is 2. The van der Waals surface area contributed by atoms with E-state index in [2.05, 4.69) is 5.32 Å². The van der Waals surface area contributed by atoms with Crippen LogP contribution < -0.4 is 5.32 Å². The van der Waals surface area contributed by atoms with Crippen LogP contribution in [0.25, 0.3) is 11.1 Å². The van der Waals surface area contributed by atoms with Crippen LogP contribution in [-0.2, 0) is 6.54 Å². The highest BCUT2D eigenvalue weighted by atomic mass is 35.5. The molecule has 1 nitrogen and oxygen atoms in total. The molecule has 0 saturated carbocycles. The second kappa shape index (κ2) is 5.46. The molecule has 0 bridgehead atoms. The fourth-order valence-corrected chi connectivity index (χ4v) is 2.01. The molecule has 4 heteroatoms. The van der Waals surface area contributed by atoms with Crippen molar-refractivity contribution in [2.45, 2.75) is 6.54 Å². The van der Waals surface area contributed by atoms with E-state index in [9.17, 15) is 8.78 Å². The lowest BCUT2D eigenvalue weighted by molar-refractivity contribution is 0.589. The average molecular weight is 268 g/mol. The van der Waals surface area contributed by atoms with E-state index < -0.39 is 11.6 Å². The third kappa shape index (κ3) is 2.52. The third-order valence-electron chi connectivity index (χ3n) is 2.66. The van der Waals surface area contributed by atoms with Gasteiger partial charge in [0.05, 0.1) is 5.56 Å². The van der Waals surface area contributed by atoms with Gasteiger partial charge in [-0.15, -0.1) is 0 Å².